The molecular weight excluding hydrogens is 410 g/mol. The highest BCUT2D eigenvalue weighted by atomic mass is 35.5. The maximum absolute atomic E-state index is 12.9. The SMILES string of the molecule is COc1ccc(C(=O)N2CCN(C(=O)c3n[nH]c4c3CNCC4)CC2)cc1OC.Cl. The summed E-state index contributed by atoms with van der Waals surface area (Å²) in [5.74, 6) is 0.934. The van der Waals surface area contributed by atoms with Crippen molar-refractivity contribution in [1.82, 2.24) is 25.3 Å². The predicted octanol–water partition coefficient (Wildman–Crippen LogP) is 1.09. The van der Waals surface area contributed by atoms with Gasteiger partial charge in [-0.25, -0.2) is 0 Å². The first-order valence-corrected chi connectivity index (χ1v) is 9.69. The molecule has 2 aromatic rings. The summed E-state index contributed by atoms with van der Waals surface area (Å²) in [7, 11) is 3.10. The van der Waals surface area contributed by atoms with Crippen LogP contribution < -0.4 is 14.8 Å². The predicted molar refractivity (Wildman–Crippen MR) is 113 cm³/mol. The Bertz CT molecular complexity index is 924. The molecule has 162 valence electrons. The number of aromatic amines is 1. The van der Waals surface area contributed by atoms with Crippen LogP contribution in [0.5, 0.6) is 11.5 Å². The Morgan fingerprint density at radius 1 is 1.00 bits per heavy atom. The van der Waals surface area contributed by atoms with Crippen molar-refractivity contribution < 1.29 is 19.1 Å². The fourth-order valence-corrected chi connectivity index (χ4v) is 3.82. The van der Waals surface area contributed by atoms with Gasteiger partial charge < -0.3 is 24.6 Å². The molecule has 9 nitrogen and oxygen atoms in total. The van der Waals surface area contributed by atoms with E-state index in [1.54, 1.807) is 42.2 Å². The van der Waals surface area contributed by atoms with Crippen LogP contribution in [0.3, 0.4) is 0 Å². The Hall–Kier alpha value is -2.78. The average molecular weight is 436 g/mol. The van der Waals surface area contributed by atoms with E-state index in [1.807, 2.05) is 0 Å². The van der Waals surface area contributed by atoms with Gasteiger partial charge in [-0.2, -0.15) is 5.10 Å². The van der Waals surface area contributed by atoms with Crippen LogP contribution in [0.15, 0.2) is 18.2 Å². The van der Waals surface area contributed by atoms with Crippen LogP contribution in [0, 0.1) is 0 Å². The fourth-order valence-electron chi connectivity index (χ4n) is 3.82. The number of halogens is 1. The summed E-state index contributed by atoms with van der Waals surface area (Å²) in [6.45, 7) is 3.46. The lowest BCUT2D eigenvalue weighted by Gasteiger charge is -2.34. The second kappa shape index (κ2) is 9.36. The van der Waals surface area contributed by atoms with E-state index in [9.17, 15) is 9.59 Å². The number of carbonyl (C=O) groups excluding carboxylic acids is 2. The van der Waals surface area contributed by atoms with Crippen LogP contribution in [0.4, 0.5) is 0 Å². The lowest BCUT2D eigenvalue weighted by atomic mass is 10.1. The minimum atomic E-state index is -0.0839. The Morgan fingerprint density at radius 3 is 2.33 bits per heavy atom. The number of aromatic nitrogens is 2. The molecule has 2 amide bonds. The first-order valence-electron chi connectivity index (χ1n) is 9.69. The Morgan fingerprint density at radius 2 is 1.67 bits per heavy atom. The summed E-state index contributed by atoms with van der Waals surface area (Å²) in [4.78, 5) is 29.3. The van der Waals surface area contributed by atoms with Crippen molar-refractivity contribution in [3.8, 4) is 11.5 Å². The number of hydrogen-bond donors (Lipinski definition) is 2. The number of fused-ring (bicyclic) bond motifs is 1. The number of nitrogens with one attached hydrogen (secondary N) is 2. The van der Waals surface area contributed by atoms with Gasteiger partial charge in [-0.05, 0) is 18.2 Å². The lowest BCUT2D eigenvalue weighted by molar-refractivity contribution is 0.0531. The van der Waals surface area contributed by atoms with Gasteiger partial charge in [-0.3, -0.25) is 14.7 Å². The van der Waals surface area contributed by atoms with Crippen molar-refractivity contribution in [2.24, 2.45) is 0 Å². The van der Waals surface area contributed by atoms with Gasteiger partial charge in [0.05, 0.1) is 14.2 Å². The molecule has 0 radical (unpaired) electrons. The van der Waals surface area contributed by atoms with Crippen molar-refractivity contribution in [2.75, 3.05) is 46.9 Å². The summed E-state index contributed by atoms with van der Waals surface area (Å²) >= 11 is 0. The standard InChI is InChI=1S/C20H25N5O4.ClH/c1-28-16-4-3-13(11-17(16)29-2)19(26)24-7-9-25(10-8-24)20(27)18-14-12-21-6-5-15(14)22-23-18;/h3-4,11,21H,5-10,12H2,1-2H3,(H,22,23);1H. The molecule has 0 spiro atoms. The Balaban J connectivity index is 0.00000256. The summed E-state index contributed by atoms with van der Waals surface area (Å²) in [6.07, 6.45) is 0.850. The highest BCUT2D eigenvalue weighted by Gasteiger charge is 2.29. The number of nitrogens with zero attached hydrogens (tertiary/aromatic N) is 3. The van der Waals surface area contributed by atoms with Crippen LogP contribution in [-0.4, -0.2) is 78.8 Å². The van der Waals surface area contributed by atoms with Crippen molar-refractivity contribution in [3.05, 3.63) is 40.7 Å². The minimum Gasteiger partial charge on any atom is -0.493 e. The molecule has 2 aliphatic rings. The van der Waals surface area contributed by atoms with E-state index in [0.29, 0.717) is 55.5 Å². The normalized spacial score (nSPS) is 15.8. The van der Waals surface area contributed by atoms with E-state index in [1.165, 1.54) is 0 Å². The topological polar surface area (TPSA) is 99.8 Å². The number of amides is 2. The van der Waals surface area contributed by atoms with Gasteiger partial charge in [0, 0.05) is 62.5 Å². The number of H-pyrrole nitrogens is 1. The molecule has 3 heterocycles. The number of benzene rings is 1. The summed E-state index contributed by atoms with van der Waals surface area (Å²) in [5, 5.41) is 10.5. The van der Waals surface area contributed by atoms with E-state index in [-0.39, 0.29) is 24.2 Å². The van der Waals surface area contributed by atoms with Gasteiger partial charge in [0.1, 0.15) is 0 Å². The second-order valence-corrected chi connectivity index (χ2v) is 7.11. The second-order valence-electron chi connectivity index (χ2n) is 7.11. The number of methoxy groups -OCH3 is 2. The highest BCUT2D eigenvalue weighted by molar-refractivity contribution is 5.96. The van der Waals surface area contributed by atoms with Crippen LogP contribution in [-0.2, 0) is 13.0 Å². The maximum atomic E-state index is 12.9. The van der Waals surface area contributed by atoms with Gasteiger partial charge in [-0.1, -0.05) is 0 Å². The maximum Gasteiger partial charge on any atom is 0.274 e. The fraction of sp³-hybridized carbons (Fsp3) is 0.450. The zero-order valence-corrected chi connectivity index (χ0v) is 17.9. The van der Waals surface area contributed by atoms with Crippen LogP contribution in [0.2, 0.25) is 0 Å². The number of ether oxygens (including phenoxy) is 2. The number of piperazine rings is 1. The quantitative estimate of drug-likeness (QED) is 0.745. The molecule has 0 atom stereocenters. The average Bonchev–Trinajstić information content (AvgIpc) is 3.22. The molecule has 30 heavy (non-hydrogen) atoms. The first kappa shape index (κ1) is 21.9. The molecule has 2 N–H and O–H groups in total. The third kappa shape index (κ3) is 4.08. The third-order valence-corrected chi connectivity index (χ3v) is 5.49. The van der Waals surface area contributed by atoms with Gasteiger partial charge in [0.15, 0.2) is 17.2 Å². The minimum absolute atomic E-state index is 0. The summed E-state index contributed by atoms with van der Waals surface area (Å²) < 4.78 is 10.5. The molecular formula is C20H26ClN5O4. The van der Waals surface area contributed by atoms with Crippen LogP contribution >= 0.6 is 12.4 Å². The Labute approximate surface area is 181 Å². The van der Waals surface area contributed by atoms with E-state index in [4.69, 9.17) is 9.47 Å². The molecule has 1 saturated heterocycles. The van der Waals surface area contributed by atoms with Gasteiger partial charge in [-0.15, -0.1) is 12.4 Å². The van der Waals surface area contributed by atoms with E-state index >= 15 is 0 Å². The lowest BCUT2D eigenvalue weighted by Crippen LogP contribution is -2.50. The molecule has 10 heteroatoms. The van der Waals surface area contributed by atoms with Crippen molar-refractivity contribution in [1.29, 1.82) is 0 Å². The Kier molecular flexibility index (Phi) is 6.84. The summed E-state index contributed by atoms with van der Waals surface area (Å²) in [5.41, 5.74) is 3.03. The molecule has 1 aromatic carbocycles. The monoisotopic (exact) mass is 435 g/mol. The molecule has 0 bridgehead atoms. The number of hydrogen-bond acceptors (Lipinski definition) is 6. The van der Waals surface area contributed by atoms with Crippen molar-refractivity contribution in [2.45, 2.75) is 13.0 Å². The largest absolute Gasteiger partial charge is 0.493 e. The molecule has 0 aliphatic carbocycles. The van der Waals surface area contributed by atoms with Crippen molar-refractivity contribution in [3.63, 3.8) is 0 Å². The van der Waals surface area contributed by atoms with E-state index in [2.05, 4.69) is 15.5 Å². The molecule has 2 aliphatic heterocycles. The first-order chi connectivity index (χ1) is 14.1. The molecule has 0 unspecified atom stereocenters. The highest BCUT2D eigenvalue weighted by Crippen LogP contribution is 2.28. The zero-order chi connectivity index (χ0) is 20.4. The van der Waals surface area contributed by atoms with Gasteiger partial charge in [0.2, 0.25) is 0 Å². The number of carbonyl (C=O) groups is 2. The number of rotatable bonds is 4. The zero-order valence-electron chi connectivity index (χ0n) is 17.1. The van der Waals surface area contributed by atoms with Gasteiger partial charge in [0.25, 0.3) is 11.8 Å². The third-order valence-electron chi connectivity index (χ3n) is 5.49. The molecule has 4 rings (SSSR count). The molecule has 0 saturated carbocycles. The molecule has 1 fully saturated rings. The summed E-state index contributed by atoms with van der Waals surface area (Å²) in [6, 6.07) is 5.13. The van der Waals surface area contributed by atoms with E-state index in [0.717, 1.165) is 24.2 Å². The van der Waals surface area contributed by atoms with Crippen LogP contribution in [0.1, 0.15) is 32.1 Å². The van der Waals surface area contributed by atoms with Gasteiger partial charge >= 0.3 is 0 Å². The van der Waals surface area contributed by atoms with E-state index < -0.39 is 0 Å². The molecule has 1 aromatic heterocycles. The smallest absolute Gasteiger partial charge is 0.274 e. The van der Waals surface area contributed by atoms with Crippen LogP contribution in [0.25, 0.3) is 0 Å². The van der Waals surface area contributed by atoms with Crippen molar-refractivity contribution >= 4 is 24.2 Å².